The van der Waals surface area contributed by atoms with Crippen LogP contribution in [0.4, 0.5) is 26.3 Å². The summed E-state index contributed by atoms with van der Waals surface area (Å²) in [5.41, 5.74) is 9.34. The van der Waals surface area contributed by atoms with Crippen LogP contribution in [-0.4, -0.2) is 3.21 Å². The third-order valence-corrected chi connectivity index (χ3v) is 11.0. The van der Waals surface area contributed by atoms with Crippen molar-refractivity contribution in [2.75, 3.05) is 0 Å². The van der Waals surface area contributed by atoms with E-state index in [1.54, 1.807) is 0 Å². The molecule has 4 aromatic rings. The summed E-state index contributed by atoms with van der Waals surface area (Å²) in [5, 5.41) is 0. The van der Waals surface area contributed by atoms with E-state index in [4.69, 9.17) is 0 Å². The number of hydrogen-bond donors (Lipinski definition) is 0. The van der Waals surface area contributed by atoms with Gasteiger partial charge in [0.25, 0.3) is 0 Å². The summed E-state index contributed by atoms with van der Waals surface area (Å²) in [6.07, 6.45) is 1.06. The topological polar surface area (TPSA) is 0 Å². The molecule has 0 amide bonds. The van der Waals surface area contributed by atoms with Gasteiger partial charge in [0.2, 0.25) is 0 Å². The Kier molecular flexibility index (Phi) is 16.7. The van der Waals surface area contributed by atoms with Gasteiger partial charge in [-0.3, -0.25) is 6.08 Å². The Hall–Kier alpha value is -2.73. The van der Waals surface area contributed by atoms with Crippen molar-refractivity contribution in [3.05, 3.63) is 153 Å². The van der Waals surface area contributed by atoms with Gasteiger partial charge in [0.05, 0.1) is 0 Å². The molecule has 0 saturated carbocycles. The molecule has 0 N–H and O–H groups in total. The fourth-order valence-corrected chi connectivity index (χ4v) is 6.87. The molecule has 9 heteroatoms. The number of rotatable bonds is 3. The standard InChI is InChI=1S/C21H25.C15H8F6.C11H17.2ClH.Zr/c1-20(2,3)16-7-9-18-14(12-16)11-15-13-17(21(4,5)6)8-10-19(15)18;16-14(17,18)12-5-1-3-10(8-12)7-11-4-2-6-13(9-11)15(19,20)21;1-5-9-6-7-10(8-9)11(2,3)4;;;/h7-10,12H,11H2,1-6H3;1-6,8-9H;7-9H,5H2,1-4H3;2*1H;/q-1;;-1;;;+2/p-2. The van der Waals surface area contributed by atoms with Crippen molar-refractivity contribution in [2.45, 2.75) is 105 Å². The monoisotopic (exact) mass is 888 g/mol. The van der Waals surface area contributed by atoms with Gasteiger partial charge in [0, 0.05) is 0 Å². The van der Waals surface area contributed by atoms with E-state index in [0.29, 0.717) is 14.5 Å². The zero-order valence-electron chi connectivity index (χ0n) is 33.7. The molecule has 0 aromatic heterocycles. The SMILES string of the molecule is CC(C)(C)c1[c-]c2c(cc1)-c1ccc(C(C)(C)C)cc1C2.CCC1[C-]=CC(C(C)(C)C)=C1.FC(F)(F)c1cccc([C](=[Zr+2])c2cccc(C(F)(F)F)c2)c1.[Cl-].[Cl-]. The van der Waals surface area contributed by atoms with Gasteiger partial charge in [0.15, 0.2) is 0 Å². The Morgan fingerprint density at radius 1 is 0.643 bits per heavy atom. The molecule has 0 spiro atoms. The molecule has 2 aliphatic carbocycles. The molecule has 0 aliphatic heterocycles. The Balaban J connectivity index is 0.000000300. The van der Waals surface area contributed by atoms with Crippen LogP contribution in [0.5, 0.6) is 0 Å². The maximum atomic E-state index is 12.7. The van der Waals surface area contributed by atoms with E-state index in [1.165, 1.54) is 69.6 Å². The predicted octanol–water partition coefficient (Wildman–Crippen LogP) is 7.86. The summed E-state index contributed by atoms with van der Waals surface area (Å²) < 4.78 is 76.7. The van der Waals surface area contributed by atoms with Gasteiger partial charge >= 0.3 is 137 Å². The van der Waals surface area contributed by atoms with Crippen molar-refractivity contribution in [2.24, 2.45) is 11.3 Å². The molecule has 2 aliphatic rings. The maximum Gasteiger partial charge on any atom is -1.00 e. The van der Waals surface area contributed by atoms with Crippen molar-refractivity contribution in [3.8, 4) is 11.1 Å². The predicted molar refractivity (Wildman–Crippen MR) is 206 cm³/mol. The Morgan fingerprint density at radius 3 is 1.57 bits per heavy atom. The minimum Gasteiger partial charge on any atom is -1.00 e. The summed E-state index contributed by atoms with van der Waals surface area (Å²) in [4.78, 5) is 0. The maximum absolute atomic E-state index is 12.7. The van der Waals surface area contributed by atoms with E-state index in [-0.39, 0.29) is 46.8 Å². The number of halogens is 8. The van der Waals surface area contributed by atoms with Crippen LogP contribution in [-0.2, 0) is 53.8 Å². The quantitative estimate of drug-likeness (QED) is 0.128. The average Bonchev–Trinajstić information content (AvgIpc) is 3.72. The molecule has 0 fully saturated rings. The van der Waals surface area contributed by atoms with E-state index >= 15 is 0 Å². The van der Waals surface area contributed by atoms with E-state index < -0.39 is 23.5 Å². The summed E-state index contributed by atoms with van der Waals surface area (Å²) in [6, 6.07) is 24.3. The zero-order chi connectivity index (χ0) is 40.4. The van der Waals surface area contributed by atoms with Gasteiger partial charge in [-0.05, 0) is 28.4 Å². The Morgan fingerprint density at radius 2 is 1.16 bits per heavy atom. The first-order valence-corrected chi connectivity index (χ1v) is 19.5. The number of alkyl halides is 6. The smallest absolute Gasteiger partial charge is 1.00 e. The molecule has 0 heterocycles. The molecule has 56 heavy (non-hydrogen) atoms. The molecule has 1 unspecified atom stereocenters. The minimum absolute atomic E-state index is 0. The number of benzene rings is 4. The molecule has 0 bridgehead atoms. The Labute approximate surface area is 357 Å². The van der Waals surface area contributed by atoms with E-state index in [1.807, 2.05) is 0 Å². The van der Waals surface area contributed by atoms with Crippen molar-refractivity contribution in [1.29, 1.82) is 0 Å². The molecular formula is C47H50Cl2F6Zr-2. The molecule has 300 valence electrons. The van der Waals surface area contributed by atoms with Gasteiger partial charge in [-0.25, -0.2) is 6.08 Å². The van der Waals surface area contributed by atoms with Crippen molar-refractivity contribution in [3.63, 3.8) is 0 Å². The van der Waals surface area contributed by atoms with Crippen molar-refractivity contribution < 1.29 is 75.4 Å². The van der Waals surface area contributed by atoms with Gasteiger partial charge in [-0.1, -0.05) is 111 Å². The third kappa shape index (κ3) is 12.9. The summed E-state index contributed by atoms with van der Waals surface area (Å²) >= 11 is 0.729. The van der Waals surface area contributed by atoms with E-state index in [9.17, 15) is 26.3 Å². The molecule has 0 radical (unpaired) electrons. The number of allylic oxidation sites excluding steroid dienone is 4. The number of fused-ring (bicyclic) bond motifs is 3. The van der Waals surface area contributed by atoms with Gasteiger partial charge in [-0.2, -0.15) is 35.4 Å². The molecular weight excluding hydrogens is 841 g/mol. The molecule has 4 aromatic carbocycles. The van der Waals surface area contributed by atoms with Crippen LogP contribution >= 0.6 is 0 Å². The van der Waals surface area contributed by atoms with Crippen LogP contribution in [0.2, 0.25) is 0 Å². The van der Waals surface area contributed by atoms with Crippen LogP contribution < -0.4 is 24.8 Å². The molecule has 1 atom stereocenters. The van der Waals surface area contributed by atoms with Crippen LogP contribution in [0.3, 0.4) is 0 Å². The second-order valence-corrected chi connectivity index (χ2v) is 18.3. The summed E-state index contributed by atoms with van der Waals surface area (Å²) in [6.45, 7) is 22.5. The van der Waals surface area contributed by atoms with E-state index in [0.717, 1.165) is 54.9 Å². The minimum atomic E-state index is -4.49. The van der Waals surface area contributed by atoms with Crippen LogP contribution in [0.25, 0.3) is 11.1 Å². The van der Waals surface area contributed by atoms with Crippen LogP contribution in [0.1, 0.15) is 120 Å². The number of hydrogen-bond acceptors (Lipinski definition) is 0. The second-order valence-electron chi connectivity index (χ2n) is 17.0. The molecule has 0 saturated heterocycles. The first kappa shape index (κ1) is 49.4. The molecule has 0 nitrogen and oxygen atoms in total. The van der Waals surface area contributed by atoms with Crippen molar-refractivity contribution >= 4 is 3.21 Å². The average molecular weight is 891 g/mol. The summed E-state index contributed by atoms with van der Waals surface area (Å²) in [7, 11) is 0. The second kappa shape index (κ2) is 18.9. The first-order chi connectivity index (χ1) is 24.8. The Bertz CT molecular complexity index is 1910. The largest absolute Gasteiger partial charge is 1.00 e. The van der Waals surface area contributed by atoms with Crippen LogP contribution in [0, 0.1) is 23.5 Å². The van der Waals surface area contributed by atoms with Gasteiger partial charge < -0.3 is 24.8 Å². The summed E-state index contributed by atoms with van der Waals surface area (Å²) in [5.74, 6) is 0.573. The fraction of sp³-hybridized carbons (Fsp3) is 0.383. The normalized spacial score (nSPS) is 14.8. The van der Waals surface area contributed by atoms with Gasteiger partial charge in [0.1, 0.15) is 0 Å². The molecule has 6 rings (SSSR count). The van der Waals surface area contributed by atoms with E-state index in [2.05, 4.69) is 124 Å². The van der Waals surface area contributed by atoms with Gasteiger partial charge in [-0.15, -0.1) is 11.1 Å². The van der Waals surface area contributed by atoms with Crippen LogP contribution in [0.15, 0.2) is 96.6 Å². The zero-order valence-corrected chi connectivity index (χ0v) is 37.6. The fourth-order valence-electron chi connectivity index (χ4n) is 6.11. The third-order valence-electron chi connectivity index (χ3n) is 9.56. The first-order valence-electron chi connectivity index (χ1n) is 18.2. The van der Waals surface area contributed by atoms with Crippen molar-refractivity contribution in [1.82, 2.24) is 0 Å².